The van der Waals surface area contributed by atoms with Crippen LogP contribution >= 0.6 is 11.8 Å². The highest BCUT2D eigenvalue weighted by Gasteiger charge is 2.13. The Morgan fingerprint density at radius 2 is 1.30 bits per heavy atom. The molecule has 0 atom stereocenters. The molecule has 0 unspecified atom stereocenters. The maximum Gasteiger partial charge on any atom is 0.0931 e. The highest BCUT2D eigenvalue weighted by molar-refractivity contribution is 7.99. The first-order valence-electron chi connectivity index (χ1n) is 7.41. The van der Waals surface area contributed by atoms with Crippen LogP contribution in [-0.4, -0.2) is 9.97 Å². The van der Waals surface area contributed by atoms with E-state index in [0.717, 1.165) is 11.0 Å². The minimum Gasteiger partial charge on any atom is -0.354 e. The van der Waals surface area contributed by atoms with Crippen LogP contribution in [0.2, 0.25) is 0 Å². The molecule has 3 nitrogen and oxygen atoms in total. The molecule has 0 spiro atoms. The molecule has 23 heavy (non-hydrogen) atoms. The molecule has 4 aromatic rings. The van der Waals surface area contributed by atoms with Crippen LogP contribution in [-0.2, 0) is 0 Å². The van der Waals surface area contributed by atoms with Crippen molar-refractivity contribution >= 4 is 34.2 Å². The lowest BCUT2D eigenvalue weighted by Crippen LogP contribution is -1.98. The molecule has 1 aromatic heterocycles. The fourth-order valence-electron chi connectivity index (χ4n) is 2.46. The van der Waals surface area contributed by atoms with E-state index in [0.29, 0.717) is 0 Å². The quantitative estimate of drug-likeness (QED) is 0.398. The third kappa shape index (κ3) is 2.94. The number of hydrogen-bond donors (Lipinski definition) is 2. The van der Waals surface area contributed by atoms with E-state index in [1.165, 1.54) is 21.2 Å². The summed E-state index contributed by atoms with van der Waals surface area (Å²) in [5.41, 5.74) is 4.53. The summed E-state index contributed by atoms with van der Waals surface area (Å²) < 4.78 is 0. The zero-order valence-corrected chi connectivity index (χ0v) is 13.2. The van der Waals surface area contributed by atoms with Crippen molar-refractivity contribution in [2.45, 2.75) is 9.79 Å². The summed E-state index contributed by atoms with van der Waals surface area (Å²) in [5.74, 6) is 0. The summed E-state index contributed by atoms with van der Waals surface area (Å²) in [6, 6.07) is 24.7. The summed E-state index contributed by atoms with van der Waals surface area (Å²) in [4.78, 5) is 9.67. The van der Waals surface area contributed by atoms with Crippen molar-refractivity contribution in [1.29, 1.82) is 0 Å². The van der Waals surface area contributed by atoms with E-state index in [1.807, 2.05) is 36.0 Å². The predicted octanol–water partition coefficient (Wildman–Crippen LogP) is 5.46. The Morgan fingerprint density at radius 1 is 0.696 bits per heavy atom. The zero-order chi connectivity index (χ0) is 15.5. The predicted molar refractivity (Wildman–Crippen MR) is 96.4 cm³/mol. The third-order valence-corrected chi connectivity index (χ3v) is 4.74. The summed E-state index contributed by atoms with van der Waals surface area (Å²) >= 11 is 1.82. The van der Waals surface area contributed by atoms with E-state index in [4.69, 9.17) is 0 Å². The van der Waals surface area contributed by atoms with Gasteiger partial charge in [0.15, 0.2) is 0 Å². The van der Waals surface area contributed by atoms with Crippen molar-refractivity contribution in [2.75, 3.05) is 5.32 Å². The van der Waals surface area contributed by atoms with Crippen molar-refractivity contribution in [3.63, 3.8) is 0 Å². The van der Waals surface area contributed by atoms with E-state index < -0.39 is 0 Å². The number of anilines is 2. The Morgan fingerprint density at radius 3 is 2.00 bits per heavy atom. The van der Waals surface area contributed by atoms with Gasteiger partial charge in [-0.05, 0) is 36.4 Å². The molecule has 1 aliphatic heterocycles. The van der Waals surface area contributed by atoms with Gasteiger partial charge in [0.05, 0.1) is 28.7 Å². The maximum atomic E-state index is 4.06. The number of nitrogens with zero attached hydrogens (tertiary/aromatic N) is 1. The lowest BCUT2D eigenvalue weighted by Gasteiger charge is -2.19. The van der Waals surface area contributed by atoms with Gasteiger partial charge in [0.2, 0.25) is 0 Å². The van der Waals surface area contributed by atoms with Crippen LogP contribution in [0.1, 0.15) is 0 Å². The minimum atomic E-state index is 1.03. The first kappa shape index (κ1) is 13.9. The van der Waals surface area contributed by atoms with Gasteiger partial charge < -0.3 is 10.3 Å². The molecular weight excluding hydrogens is 302 g/mol. The average Bonchev–Trinajstić information content (AvgIpc) is 3.09. The summed E-state index contributed by atoms with van der Waals surface area (Å²) in [7, 11) is 0. The molecular formula is C19H15N3S. The largest absolute Gasteiger partial charge is 0.354 e. The van der Waals surface area contributed by atoms with E-state index >= 15 is 0 Å². The number of para-hydroxylation sites is 4. The number of aromatic amines is 1. The second-order valence-corrected chi connectivity index (χ2v) is 6.22. The van der Waals surface area contributed by atoms with Crippen LogP contribution in [0.25, 0.3) is 11.0 Å². The van der Waals surface area contributed by atoms with Gasteiger partial charge in [0.25, 0.3) is 0 Å². The molecule has 0 saturated carbocycles. The highest BCUT2D eigenvalue weighted by Crippen LogP contribution is 2.43. The molecule has 0 saturated heterocycles. The number of H-pyrrole nitrogens is 1. The molecule has 4 heteroatoms. The molecule has 0 amide bonds. The summed E-state index contributed by atoms with van der Waals surface area (Å²) in [6.07, 6.45) is 1.70. The molecule has 2 N–H and O–H groups in total. The molecule has 2 heterocycles. The number of hydrogen-bond acceptors (Lipinski definition) is 3. The molecule has 3 aromatic carbocycles. The highest BCUT2D eigenvalue weighted by atomic mass is 32.2. The average molecular weight is 317 g/mol. The monoisotopic (exact) mass is 317 g/mol. The van der Waals surface area contributed by atoms with E-state index in [9.17, 15) is 0 Å². The van der Waals surface area contributed by atoms with Crippen molar-refractivity contribution < 1.29 is 0 Å². The van der Waals surface area contributed by atoms with Gasteiger partial charge in [-0.25, -0.2) is 4.98 Å². The van der Waals surface area contributed by atoms with Crippen molar-refractivity contribution in [2.24, 2.45) is 0 Å². The maximum absolute atomic E-state index is 4.06. The van der Waals surface area contributed by atoms with Crippen LogP contribution in [0.4, 0.5) is 11.4 Å². The van der Waals surface area contributed by atoms with Gasteiger partial charge in [-0.3, -0.25) is 0 Å². The number of benzene rings is 3. The van der Waals surface area contributed by atoms with Crippen LogP contribution in [0.5, 0.6) is 0 Å². The van der Waals surface area contributed by atoms with E-state index in [1.54, 1.807) is 6.33 Å². The third-order valence-electron chi connectivity index (χ3n) is 3.59. The molecule has 0 fully saturated rings. The van der Waals surface area contributed by atoms with Crippen molar-refractivity contribution in [3.8, 4) is 0 Å². The number of imidazole rings is 1. The normalized spacial score (nSPS) is 11.7. The molecule has 0 aliphatic carbocycles. The first-order chi connectivity index (χ1) is 11.4. The first-order valence-corrected chi connectivity index (χ1v) is 8.23. The molecule has 112 valence electrons. The lowest BCUT2D eigenvalue weighted by atomic mass is 10.2. The van der Waals surface area contributed by atoms with E-state index in [2.05, 4.69) is 63.8 Å². The zero-order valence-electron chi connectivity index (χ0n) is 12.4. The fraction of sp³-hybridized carbons (Fsp3) is 0. The van der Waals surface area contributed by atoms with E-state index in [-0.39, 0.29) is 0 Å². The second-order valence-electron chi connectivity index (χ2n) is 5.14. The van der Waals surface area contributed by atoms with Gasteiger partial charge in [0.1, 0.15) is 0 Å². The Bertz CT molecular complexity index is 828. The van der Waals surface area contributed by atoms with Gasteiger partial charge in [0, 0.05) is 9.79 Å². The van der Waals surface area contributed by atoms with Crippen LogP contribution < -0.4 is 5.32 Å². The SMILES string of the molecule is c1ccc2[nH]cnc2c1.c1ccc2c(c1)Nc1ccccc1S2. The number of aromatic nitrogens is 2. The molecule has 0 bridgehead atoms. The van der Waals surface area contributed by atoms with Crippen molar-refractivity contribution in [3.05, 3.63) is 79.1 Å². The number of fused-ring (bicyclic) bond motifs is 3. The number of nitrogens with one attached hydrogen (secondary N) is 2. The van der Waals surface area contributed by atoms with Gasteiger partial charge in [-0.15, -0.1) is 0 Å². The Balaban J connectivity index is 0.000000130. The summed E-state index contributed by atoms with van der Waals surface area (Å²) in [5, 5.41) is 3.42. The lowest BCUT2D eigenvalue weighted by molar-refractivity contribution is 1.32. The molecule has 0 radical (unpaired) electrons. The fourth-order valence-corrected chi connectivity index (χ4v) is 3.45. The molecule has 5 rings (SSSR count). The van der Waals surface area contributed by atoms with Gasteiger partial charge in [-0.1, -0.05) is 48.2 Å². The van der Waals surface area contributed by atoms with Gasteiger partial charge in [-0.2, -0.15) is 0 Å². The van der Waals surface area contributed by atoms with Crippen LogP contribution in [0, 0.1) is 0 Å². The Hall–Kier alpha value is -2.72. The van der Waals surface area contributed by atoms with Crippen LogP contribution in [0.15, 0.2) is 88.9 Å². The van der Waals surface area contributed by atoms with Crippen molar-refractivity contribution in [1.82, 2.24) is 9.97 Å². The Labute approximate surface area is 138 Å². The van der Waals surface area contributed by atoms with Gasteiger partial charge >= 0.3 is 0 Å². The summed E-state index contributed by atoms with van der Waals surface area (Å²) in [6.45, 7) is 0. The number of rotatable bonds is 0. The molecule has 1 aliphatic rings. The van der Waals surface area contributed by atoms with Crippen LogP contribution in [0.3, 0.4) is 0 Å². The standard InChI is InChI=1S/C12H9NS.C7H6N2/c1-3-7-11-9(5-1)13-10-6-2-4-8-12(10)14-11;1-2-4-7-6(3-1)8-5-9-7/h1-8,13H;1-5H,(H,8,9). The smallest absolute Gasteiger partial charge is 0.0931 e. The minimum absolute atomic E-state index is 1.03. The topological polar surface area (TPSA) is 40.7 Å². The Kier molecular flexibility index (Phi) is 3.74. The second kappa shape index (κ2) is 6.18.